The van der Waals surface area contributed by atoms with Crippen molar-refractivity contribution in [2.24, 2.45) is 0 Å². The molecule has 0 saturated carbocycles. The van der Waals surface area contributed by atoms with Crippen LogP contribution in [-0.4, -0.2) is 17.7 Å². The molecular formula is C18H13Cl3O4. The lowest BCUT2D eigenvalue weighted by atomic mass is 9.96. The third kappa shape index (κ3) is 5.05. The highest BCUT2D eigenvalue weighted by atomic mass is 35.6. The molecular weight excluding hydrogens is 387 g/mol. The highest BCUT2D eigenvalue weighted by Gasteiger charge is 2.28. The molecule has 2 aromatic rings. The van der Waals surface area contributed by atoms with Crippen molar-refractivity contribution in [2.75, 3.05) is 0 Å². The smallest absolute Gasteiger partial charge is 0.346 e. The Morgan fingerprint density at radius 2 is 1.48 bits per heavy atom. The van der Waals surface area contributed by atoms with E-state index >= 15 is 0 Å². The molecule has 0 heterocycles. The highest BCUT2D eigenvalue weighted by molar-refractivity contribution is 6.67. The van der Waals surface area contributed by atoms with Gasteiger partial charge < -0.3 is 4.74 Å². The zero-order valence-electron chi connectivity index (χ0n) is 13.1. The van der Waals surface area contributed by atoms with Crippen molar-refractivity contribution in [1.29, 1.82) is 0 Å². The van der Waals surface area contributed by atoms with Gasteiger partial charge in [0.2, 0.25) is 3.79 Å². The Labute approximate surface area is 159 Å². The van der Waals surface area contributed by atoms with Crippen LogP contribution in [0.25, 0.3) is 0 Å². The van der Waals surface area contributed by atoms with E-state index in [0.29, 0.717) is 5.56 Å². The van der Waals surface area contributed by atoms with Crippen LogP contribution in [0.4, 0.5) is 0 Å². The third-order valence-corrected chi connectivity index (χ3v) is 3.97. The number of hydrogen-bond acceptors (Lipinski definition) is 4. The minimum Gasteiger partial charge on any atom is -0.390 e. The van der Waals surface area contributed by atoms with Crippen molar-refractivity contribution in [3.05, 3.63) is 70.8 Å². The summed E-state index contributed by atoms with van der Waals surface area (Å²) in [5, 5.41) is 0. The lowest BCUT2D eigenvalue weighted by Gasteiger charge is -2.16. The average molecular weight is 400 g/mol. The molecule has 0 spiro atoms. The standard InChI is InChI=1S/C18H13Cl3O4/c1-11(22)25-17(24)13-7-3-2-6-12(13)10-16(23)14-8-4-5-9-15(14)18(19,20)21/h2-9H,10H2,1H3. The maximum Gasteiger partial charge on any atom is 0.346 e. The summed E-state index contributed by atoms with van der Waals surface area (Å²) in [6.45, 7) is 1.13. The monoisotopic (exact) mass is 398 g/mol. The molecule has 2 rings (SSSR count). The van der Waals surface area contributed by atoms with Gasteiger partial charge in [-0.25, -0.2) is 4.79 Å². The molecule has 0 unspecified atom stereocenters. The first-order chi connectivity index (χ1) is 11.7. The fourth-order valence-corrected chi connectivity index (χ4v) is 2.80. The van der Waals surface area contributed by atoms with Gasteiger partial charge in [0, 0.05) is 24.5 Å². The maximum atomic E-state index is 12.7. The van der Waals surface area contributed by atoms with E-state index < -0.39 is 15.7 Å². The molecule has 0 saturated heterocycles. The number of hydrogen-bond donors (Lipinski definition) is 0. The summed E-state index contributed by atoms with van der Waals surface area (Å²) in [5.74, 6) is -1.87. The molecule has 0 aliphatic rings. The van der Waals surface area contributed by atoms with Crippen LogP contribution in [0.5, 0.6) is 0 Å². The SMILES string of the molecule is CC(=O)OC(=O)c1ccccc1CC(=O)c1ccccc1C(Cl)(Cl)Cl. The van der Waals surface area contributed by atoms with E-state index in [4.69, 9.17) is 34.8 Å². The van der Waals surface area contributed by atoms with Crippen LogP contribution in [0.2, 0.25) is 0 Å². The number of carbonyl (C=O) groups excluding carboxylic acids is 3. The number of ether oxygens (including phenoxy) is 1. The van der Waals surface area contributed by atoms with Gasteiger partial charge in [-0.2, -0.15) is 0 Å². The fraction of sp³-hybridized carbons (Fsp3) is 0.167. The van der Waals surface area contributed by atoms with Gasteiger partial charge in [-0.3, -0.25) is 9.59 Å². The normalized spacial score (nSPS) is 11.0. The first-order valence-electron chi connectivity index (χ1n) is 7.20. The molecule has 0 fully saturated rings. The quantitative estimate of drug-likeness (QED) is 0.325. The van der Waals surface area contributed by atoms with Crippen LogP contribution in [-0.2, 0) is 19.7 Å². The van der Waals surface area contributed by atoms with Crippen molar-refractivity contribution in [1.82, 2.24) is 0 Å². The van der Waals surface area contributed by atoms with E-state index in [2.05, 4.69) is 4.74 Å². The molecule has 0 amide bonds. The van der Waals surface area contributed by atoms with Gasteiger partial charge in [-0.05, 0) is 11.6 Å². The number of rotatable bonds is 4. The number of esters is 2. The minimum absolute atomic E-state index is 0.110. The Kier molecular flexibility index (Phi) is 6.22. The molecule has 130 valence electrons. The molecule has 0 radical (unpaired) electrons. The first kappa shape index (κ1) is 19.4. The Morgan fingerprint density at radius 3 is 2.08 bits per heavy atom. The van der Waals surface area contributed by atoms with Gasteiger partial charge in [0.25, 0.3) is 0 Å². The van der Waals surface area contributed by atoms with Gasteiger partial charge in [0.1, 0.15) is 0 Å². The van der Waals surface area contributed by atoms with E-state index in [1.54, 1.807) is 42.5 Å². The second kappa shape index (κ2) is 8.00. The number of alkyl halides is 3. The Bertz CT molecular complexity index is 825. The van der Waals surface area contributed by atoms with E-state index in [1.165, 1.54) is 6.07 Å². The fourth-order valence-electron chi connectivity index (χ4n) is 2.30. The van der Waals surface area contributed by atoms with E-state index in [0.717, 1.165) is 6.92 Å². The molecule has 0 aromatic heterocycles. The van der Waals surface area contributed by atoms with Gasteiger partial charge in [0.15, 0.2) is 5.78 Å². The molecule has 2 aromatic carbocycles. The lowest BCUT2D eigenvalue weighted by molar-refractivity contribution is -0.135. The minimum atomic E-state index is -1.75. The second-order valence-corrected chi connectivity index (χ2v) is 7.46. The van der Waals surface area contributed by atoms with Gasteiger partial charge in [-0.1, -0.05) is 77.3 Å². The topological polar surface area (TPSA) is 60.4 Å². The van der Waals surface area contributed by atoms with Crippen LogP contribution in [0, 0.1) is 0 Å². The van der Waals surface area contributed by atoms with Crippen molar-refractivity contribution in [3.8, 4) is 0 Å². The van der Waals surface area contributed by atoms with Crippen LogP contribution in [0.3, 0.4) is 0 Å². The maximum absolute atomic E-state index is 12.7. The summed E-state index contributed by atoms with van der Waals surface area (Å²) in [6.07, 6.45) is -0.110. The van der Waals surface area contributed by atoms with Crippen molar-refractivity contribution in [3.63, 3.8) is 0 Å². The lowest BCUT2D eigenvalue weighted by Crippen LogP contribution is -2.16. The van der Waals surface area contributed by atoms with E-state index in [-0.39, 0.29) is 28.9 Å². The molecule has 25 heavy (non-hydrogen) atoms. The molecule has 0 bridgehead atoms. The Morgan fingerprint density at radius 1 is 0.920 bits per heavy atom. The molecule has 0 atom stereocenters. The highest BCUT2D eigenvalue weighted by Crippen LogP contribution is 2.40. The number of ketones is 1. The van der Waals surface area contributed by atoms with Crippen molar-refractivity contribution >= 4 is 52.5 Å². The number of benzene rings is 2. The number of Topliss-reactive ketones (excluding diaryl/α,β-unsaturated/α-hetero) is 1. The molecule has 0 N–H and O–H groups in total. The van der Waals surface area contributed by atoms with E-state index in [9.17, 15) is 14.4 Å². The summed E-state index contributed by atoms with van der Waals surface area (Å²) in [5.41, 5.74) is 1.06. The molecule has 0 aliphatic heterocycles. The predicted molar refractivity (Wildman–Crippen MR) is 96.3 cm³/mol. The zero-order valence-corrected chi connectivity index (χ0v) is 15.4. The number of carbonyl (C=O) groups is 3. The summed E-state index contributed by atoms with van der Waals surface area (Å²) in [4.78, 5) is 35.7. The van der Waals surface area contributed by atoms with Gasteiger partial charge in [0.05, 0.1) is 5.56 Å². The van der Waals surface area contributed by atoms with Crippen LogP contribution < -0.4 is 0 Å². The summed E-state index contributed by atoms with van der Waals surface area (Å²) in [7, 11) is 0. The summed E-state index contributed by atoms with van der Waals surface area (Å²) < 4.78 is 2.84. The summed E-state index contributed by atoms with van der Waals surface area (Å²) >= 11 is 17.8. The van der Waals surface area contributed by atoms with Crippen LogP contribution in [0.15, 0.2) is 48.5 Å². The predicted octanol–water partition coefficient (Wildman–Crippen LogP) is 4.64. The average Bonchev–Trinajstić information content (AvgIpc) is 2.54. The largest absolute Gasteiger partial charge is 0.390 e. The van der Waals surface area contributed by atoms with Gasteiger partial charge in [-0.15, -0.1) is 0 Å². The third-order valence-electron chi connectivity index (χ3n) is 3.36. The summed E-state index contributed by atoms with van der Waals surface area (Å²) in [6, 6.07) is 12.8. The zero-order chi connectivity index (χ0) is 18.6. The van der Waals surface area contributed by atoms with E-state index in [1.807, 2.05) is 0 Å². The Hall–Kier alpha value is -1.88. The molecule has 7 heteroatoms. The Balaban J connectivity index is 2.34. The first-order valence-corrected chi connectivity index (χ1v) is 8.33. The van der Waals surface area contributed by atoms with Crippen LogP contribution in [0.1, 0.15) is 38.8 Å². The van der Waals surface area contributed by atoms with Crippen molar-refractivity contribution < 1.29 is 19.1 Å². The van der Waals surface area contributed by atoms with Crippen molar-refractivity contribution in [2.45, 2.75) is 17.1 Å². The number of halogens is 3. The molecule has 4 nitrogen and oxygen atoms in total. The van der Waals surface area contributed by atoms with Crippen LogP contribution >= 0.6 is 34.8 Å². The van der Waals surface area contributed by atoms with Gasteiger partial charge >= 0.3 is 11.9 Å². The molecule has 0 aliphatic carbocycles. The second-order valence-electron chi connectivity index (χ2n) is 5.18.